The van der Waals surface area contributed by atoms with Crippen LogP contribution in [0.25, 0.3) is 0 Å². The van der Waals surface area contributed by atoms with Crippen molar-refractivity contribution >= 4 is 5.69 Å². The molecule has 100 valence electrons. The quantitative estimate of drug-likeness (QED) is 0.874. The second kappa shape index (κ2) is 6.79. The predicted octanol–water partition coefficient (Wildman–Crippen LogP) is 3.74. The van der Waals surface area contributed by atoms with Crippen LogP contribution in [-0.4, -0.2) is 20.1 Å². The first-order valence-electron chi connectivity index (χ1n) is 7.33. The van der Waals surface area contributed by atoms with Crippen LogP contribution < -0.4 is 10.2 Å². The molecule has 1 aliphatic heterocycles. The molecule has 2 rings (SSSR count). The summed E-state index contributed by atoms with van der Waals surface area (Å²) in [5.74, 6) is 0. The molecule has 0 spiro atoms. The molecule has 0 aliphatic carbocycles. The Bertz CT molecular complexity index is 337. The summed E-state index contributed by atoms with van der Waals surface area (Å²) in [7, 11) is 2.01. The van der Waals surface area contributed by atoms with E-state index < -0.39 is 0 Å². The fourth-order valence-electron chi connectivity index (χ4n) is 2.65. The fourth-order valence-corrected chi connectivity index (χ4v) is 2.65. The second-order valence-electron chi connectivity index (χ2n) is 5.36. The maximum Gasteiger partial charge on any atom is 0.0366 e. The molecule has 2 nitrogen and oxygen atoms in total. The maximum absolute atomic E-state index is 3.28. The number of benzene rings is 1. The van der Waals surface area contributed by atoms with Crippen LogP contribution in [0, 0.1) is 0 Å². The first kappa shape index (κ1) is 13.4. The number of anilines is 1. The van der Waals surface area contributed by atoms with Crippen molar-refractivity contribution in [1.82, 2.24) is 5.32 Å². The van der Waals surface area contributed by atoms with Crippen molar-refractivity contribution in [2.45, 2.75) is 45.1 Å². The Morgan fingerprint density at radius 3 is 2.06 bits per heavy atom. The zero-order chi connectivity index (χ0) is 12.8. The molecule has 1 aromatic rings. The Kier molecular flexibility index (Phi) is 5.06. The minimum atomic E-state index is 0.436. The van der Waals surface area contributed by atoms with Gasteiger partial charge in [-0.15, -0.1) is 0 Å². The summed E-state index contributed by atoms with van der Waals surface area (Å²) >= 11 is 0. The Balaban J connectivity index is 2.02. The van der Waals surface area contributed by atoms with Gasteiger partial charge in [0.1, 0.15) is 0 Å². The van der Waals surface area contributed by atoms with E-state index >= 15 is 0 Å². The smallest absolute Gasteiger partial charge is 0.0366 e. The summed E-state index contributed by atoms with van der Waals surface area (Å²) < 4.78 is 0. The number of hydrogen-bond donors (Lipinski definition) is 1. The fraction of sp³-hybridized carbons (Fsp3) is 0.625. The SMILES string of the molecule is CNC(C)c1ccc(N2CCCCCCC2)cc1. The lowest BCUT2D eigenvalue weighted by Gasteiger charge is -2.27. The highest BCUT2D eigenvalue weighted by atomic mass is 15.1. The van der Waals surface area contributed by atoms with E-state index in [-0.39, 0.29) is 0 Å². The highest BCUT2D eigenvalue weighted by Crippen LogP contribution is 2.21. The number of nitrogens with zero attached hydrogens (tertiary/aromatic N) is 1. The molecule has 0 saturated carbocycles. The minimum Gasteiger partial charge on any atom is -0.372 e. The Hall–Kier alpha value is -1.02. The first-order valence-corrected chi connectivity index (χ1v) is 7.33. The summed E-state index contributed by atoms with van der Waals surface area (Å²) in [6.45, 7) is 4.65. The van der Waals surface area contributed by atoms with Gasteiger partial charge in [-0.2, -0.15) is 0 Å². The van der Waals surface area contributed by atoms with E-state index in [0.717, 1.165) is 0 Å². The lowest BCUT2D eigenvalue weighted by atomic mass is 10.1. The van der Waals surface area contributed by atoms with Crippen LogP contribution in [0.15, 0.2) is 24.3 Å². The maximum atomic E-state index is 3.28. The van der Waals surface area contributed by atoms with Crippen molar-refractivity contribution in [2.75, 3.05) is 25.0 Å². The highest BCUT2D eigenvalue weighted by molar-refractivity contribution is 5.48. The molecule has 18 heavy (non-hydrogen) atoms. The Morgan fingerprint density at radius 2 is 1.50 bits per heavy atom. The molecule has 0 radical (unpaired) electrons. The normalized spacial score (nSPS) is 19.1. The van der Waals surface area contributed by atoms with Crippen molar-refractivity contribution in [1.29, 1.82) is 0 Å². The van der Waals surface area contributed by atoms with Crippen LogP contribution in [0.1, 0.15) is 50.6 Å². The van der Waals surface area contributed by atoms with Gasteiger partial charge < -0.3 is 10.2 Å². The van der Waals surface area contributed by atoms with Gasteiger partial charge in [0, 0.05) is 24.8 Å². The molecule has 1 N–H and O–H groups in total. The van der Waals surface area contributed by atoms with E-state index in [4.69, 9.17) is 0 Å². The Labute approximate surface area is 111 Å². The van der Waals surface area contributed by atoms with Crippen molar-refractivity contribution < 1.29 is 0 Å². The van der Waals surface area contributed by atoms with Gasteiger partial charge in [0.25, 0.3) is 0 Å². The van der Waals surface area contributed by atoms with Crippen molar-refractivity contribution in [3.05, 3.63) is 29.8 Å². The number of hydrogen-bond acceptors (Lipinski definition) is 2. The third kappa shape index (κ3) is 3.49. The first-order chi connectivity index (χ1) is 8.81. The lowest BCUT2D eigenvalue weighted by molar-refractivity contribution is 0.556. The predicted molar refractivity (Wildman–Crippen MR) is 79.2 cm³/mol. The molecule has 1 aromatic carbocycles. The van der Waals surface area contributed by atoms with Crippen LogP contribution in [0.4, 0.5) is 5.69 Å². The van der Waals surface area contributed by atoms with E-state index in [2.05, 4.69) is 41.4 Å². The standard InChI is InChI=1S/C16H26N2/c1-14(17-2)15-8-10-16(11-9-15)18-12-6-4-3-5-7-13-18/h8-11,14,17H,3-7,12-13H2,1-2H3. The lowest BCUT2D eigenvalue weighted by Crippen LogP contribution is -2.26. The molecule has 0 aromatic heterocycles. The van der Waals surface area contributed by atoms with E-state index in [1.165, 1.54) is 56.4 Å². The molecule has 2 heteroatoms. The average molecular weight is 246 g/mol. The molecule has 1 atom stereocenters. The highest BCUT2D eigenvalue weighted by Gasteiger charge is 2.09. The largest absolute Gasteiger partial charge is 0.372 e. The molecule has 1 saturated heterocycles. The van der Waals surface area contributed by atoms with Gasteiger partial charge in [-0.25, -0.2) is 0 Å². The van der Waals surface area contributed by atoms with Gasteiger partial charge >= 0.3 is 0 Å². The molecular weight excluding hydrogens is 220 g/mol. The molecule has 0 amide bonds. The summed E-state index contributed by atoms with van der Waals surface area (Å²) in [6.07, 6.45) is 6.90. The van der Waals surface area contributed by atoms with Gasteiger partial charge in [-0.3, -0.25) is 0 Å². The van der Waals surface area contributed by atoms with Gasteiger partial charge in [-0.1, -0.05) is 31.4 Å². The van der Waals surface area contributed by atoms with Crippen LogP contribution in [0.3, 0.4) is 0 Å². The zero-order valence-corrected chi connectivity index (χ0v) is 11.8. The van der Waals surface area contributed by atoms with Gasteiger partial charge in [-0.05, 0) is 44.5 Å². The Morgan fingerprint density at radius 1 is 0.944 bits per heavy atom. The van der Waals surface area contributed by atoms with E-state index in [1.54, 1.807) is 0 Å². The van der Waals surface area contributed by atoms with E-state index in [9.17, 15) is 0 Å². The molecule has 1 fully saturated rings. The van der Waals surface area contributed by atoms with Crippen LogP contribution in [-0.2, 0) is 0 Å². The summed E-state index contributed by atoms with van der Waals surface area (Å²) in [5, 5.41) is 3.28. The topological polar surface area (TPSA) is 15.3 Å². The number of nitrogens with one attached hydrogen (secondary N) is 1. The van der Waals surface area contributed by atoms with Crippen LogP contribution in [0.5, 0.6) is 0 Å². The minimum absolute atomic E-state index is 0.436. The summed E-state index contributed by atoms with van der Waals surface area (Å²) in [5.41, 5.74) is 2.76. The molecule has 1 aliphatic rings. The third-order valence-corrected chi connectivity index (χ3v) is 4.05. The van der Waals surface area contributed by atoms with Gasteiger partial charge in [0.15, 0.2) is 0 Å². The van der Waals surface area contributed by atoms with Gasteiger partial charge in [0.2, 0.25) is 0 Å². The molecule has 0 bridgehead atoms. The molecule has 1 unspecified atom stereocenters. The summed E-state index contributed by atoms with van der Waals surface area (Å²) in [4.78, 5) is 2.55. The van der Waals surface area contributed by atoms with Crippen molar-refractivity contribution in [3.8, 4) is 0 Å². The second-order valence-corrected chi connectivity index (χ2v) is 5.36. The number of rotatable bonds is 3. The van der Waals surface area contributed by atoms with Crippen molar-refractivity contribution in [3.63, 3.8) is 0 Å². The van der Waals surface area contributed by atoms with Crippen LogP contribution in [0.2, 0.25) is 0 Å². The van der Waals surface area contributed by atoms with E-state index in [1.807, 2.05) is 7.05 Å². The van der Waals surface area contributed by atoms with Crippen LogP contribution >= 0.6 is 0 Å². The third-order valence-electron chi connectivity index (χ3n) is 4.05. The van der Waals surface area contributed by atoms with Crippen molar-refractivity contribution in [2.24, 2.45) is 0 Å². The molecular formula is C16H26N2. The zero-order valence-electron chi connectivity index (χ0n) is 11.8. The molecule has 1 heterocycles. The monoisotopic (exact) mass is 246 g/mol. The average Bonchev–Trinajstić information content (AvgIpc) is 2.38. The van der Waals surface area contributed by atoms with Gasteiger partial charge in [0.05, 0.1) is 0 Å². The summed E-state index contributed by atoms with van der Waals surface area (Å²) in [6, 6.07) is 9.52. The van der Waals surface area contributed by atoms with E-state index in [0.29, 0.717) is 6.04 Å².